The lowest BCUT2D eigenvalue weighted by Crippen LogP contribution is -2.37. The fourth-order valence-electron chi connectivity index (χ4n) is 1.07. The van der Waals surface area contributed by atoms with Gasteiger partial charge in [-0.25, -0.2) is 4.79 Å². The number of carboxylic acids is 1. The molecule has 1 aromatic carbocycles. The van der Waals surface area contributed by atoms with Crippen molar-refractivity contribution in [2.24, 2.45) is 0 Å². The summed E-state index contributed by atoms with van der Waals surface area (Å²) in [5.74, 6) is -0.988. The van der Waals surface area contributed by atoms with Gasteiger partial charge in [0.25, 0.3) is 0 Å². The first-order chi connectivity index (χ1) is 7.58. The van der Waals surface area contributed by atoms with Gasteiger partial charge in [-0.15, -0.1) is 0 Å². The smallest absolute Gasteiger partial charge is 0.323 e. The van der Waals surface area contributed by atoms with Gasteiger partial charge < -0.3 is 20.8 Å². The minimum atomic E-state index is -1.10. The Bertz CT molecular complexity index is 392. The molecule has 0 bridgehead atoms. The van der Waals surface area contributed by atoms with Crippen LogP contribution in [-0.2, 0) is 11.3 Å². The Hall–Kier alpha value is -2.24. The van der Waals surface area contributed by atoms with Gasteiger partial charge in [0.1, 0.15) is 12.3 Å². The molecule has 0 atom stereocenters. The van der Waals surface area contributed by atoms with Crippen molar-refractivity contribution in [3.63, 3.8) is 0 Å². The maximum absolute atomic E-state index is 11.1. The molecule has 6 nitrogen and oxygen atoms in total. The van der Waals surface area contributed by atoms with E-state index >= 15 is 0 Å². The highest BCUT2D eigenvalue weighted by molar-refractivity contribution is 5.79. The average molecular weight is 224 g/mol. The van der Waals surface area contributed by atoms with E-state index in [0.29, 0.717) is 0 Å². The molecule has 1 aromatic rings. The Morgan fingerprint density at radius 2 is 2.00 bits per heavy atom. The molecule has 6 heteroatoms. The highest BCUT2D eigenvalue weighted by Gasteiger charge is 2.02. The van der Waals surface area contributed by atoms with E-state index in [-0.39, 0.29) is 12.3 Å². The van der Waals surface area contributed by atoms with Gasteiger partial charge in [0.15, 0.2) is 0 Å². The molecule has 86 valence electrons. The lowest BCUT2D eigenvalue weighted by molar-refractivity contribution is -0.135. The number of aromatic hydroxyl groups is 1. The number of carbonyl (C=O) groups excluding carboxylic acids is 1. The number of urea groups is 1. The second kappa shape index (κ2) is 5.59. The van der Waals surface area contributed by atoms with Crippen molar-refractivity contribution in [3.05, 3.63) is 29.8 Å². The first kappa shape index (κ1) is 11.8. The molecule has 16 heavy (non-hydrogen) atoms. The number of phenols is 1. The van der Waals surface area contributed by atoms with E-state index in [1.165, 1.54) is 12.1 Å². The maximum Gasteiger partial charge on any atom is 0.323 e. The molecule has 0 heterocycles. The largest absolute Gasteiger partial charge is 0.508 e. The molecular formula is C10H12N2O4. The quantitative estimate of drug-likeness (QED) is 0.590. The summed E-state index contributed by atoms with van der Waals surface area (Å²) < 4.78 is 0. The van der Waals surface area contributed by atoms with Crippen molar-refractivity contribution in [1.82, 2.24) is 10.6 Å². The predicted octanol–water partition coefficient (Wildman–Crippen LogP) is 0.276. The Morgan fingerprint density at radius 3 is 2.62 bits per heavy atom. The number of carboxylic acid groups (broad SMARTS) is 1. The zero-order valence-corrected chi connectivity index (χ0v) is 8.43. The summed E-state index contributed by atoms with van der Waals surface area (Å²) >= 11 is 0. The number of benzene rings is 1. The molecule has 1 rings (SSSR count). The van der Waals surface area contributed by atoms with Gasteiger partial charge in [-0.3, -0.25) is 4.79 Å². The fourth-order valence-corrected chi connectivity index (χ4v) is 1.07. The second-order valence-corrected chi connectivity index (χ2v) is 3.10. The SMILES string of the molecule is O=C(O)CNC(=O)NCc1cccc(O)c1. The zero-order valence-electron chi connectivity index (χ0n) is 8.43. The average Bonchev–Trinajstić information content (AvgIpc) is 2.23. The Labute approximate surface area is 91.9 Å². The van der Waals surface area contributed by atoms with Gasteiger partial charge in [0, 0.05) is 6.54 Å². The van der Waals surface area contributed by atoms with Gasteiger partial charge >= 0.3 is 12.0 Å². The topological polar surface area (TPSA) is 98.7 Å². The van der Waals surface area contributed by atoms with E-state index < -0.39 is 18.5 Å². The Morgan fingerprint density at radius 1 is 1.25 bits per heavy atom. The summed E-state index contributed by atoms with van der Waals surface area (Å²) in [6.07, 6.45) is 0. The van der Waals surface area contributed by atoms with Crippen LogP contribution in [0.4, 0.5) is 4.79 Å². The number of nitrogens with one attached hydrogen (secondary N) is 2. The van der Waals surface area contributed by atoms with E-state index in [1.807, 2.05) is 0 Å². The van der Waals surface area contributed by atoms with Crippen LogP contribution >= 0.6 is 0 Å². The molecule has 0 saturated heterocycles. The highest BCUT2D eigenvalue weighted by Crippen LogP contribution is 2.10. The summed E-state index contributed by atoms with van der Waals surface area (Å²) in [5.41, 5.74) is 0.727. The van der Waals surface area contributed by atoms with E-state index in [0.717, 1.165) is 5.56 Å². The second-order valence-electron chi connectivity index (χ2n) is 3.10. The first-order valence-electron chi connectivity index (χ1n) is 4.59. The molecule has 0 spiro atoms. The third kappa shape index (κ3) is 4.32. The number of hydrogen-bond acceptors (Lipinski definition) is 3. The lowest BCUT2D eigenvalue weighted by Gasteiger charge is -2.06. The molecule has 0 unspecified atom stereocenters. The number of carbonyl (C=O) groups is 2. The van der Waals surface area contributed by atoms with Crippen LogP contribution in [0.5, 0.6) is 5.75 Å². The van der Waals surface area contributed by atoms with Crippen LogP contribution in [0.25, 0.3) is 0 Å². The van der Waals surface area contributed by atoms with Crippen molar-refractivity contribution in [2.75, 3.05) is 6.54 Å². The van der Waals surface area contributed by atoms with Gasteiger partial charge in [0.05, 0.1) is 0 Å². The summed E-state index contributed by atoms with van der Waals surface area (Å²) in [4.78, 5) is 21.2. The van der Waals surface area contributed by atoms with Crippen LogP contribution in [-0.4, -0.2) is 28.8 Å². The van der Waals surface area contributed by atoms with Crippen molar-refractivity contribution in [3.8, 4) is 5.75 Å². The van der Waals surface area contributed by atoms with Crippen LogP contribution in [0.3, 0.4) is 0 Å². The molecule has 0 radical (unpaired) electrons. The summed E-state index contributed by atoms with van der Waals surface area (Å²) in [7, 11) is 0. The van der Waals surface area contributed by atoms with E-state index in [2.05, 4.69) is 10.6 Å². The molecule has 0 aromatic heterocycles. The third-order valence-electron chi connectivity index (χ3n) is 1.76. The van der Waals surface area contributed by atoms with Gasteiger partial charge in [-0.2, -0.15) is 0 Å². The van der Waals surface area contributed by atoms with Gasteiger partial charge in [0.2, 0.25) is 0 Å². The van der Waals surface area contributed by atoms with Crippen LogP contribution < -0.4 is 10.6 Å². The number of hydrogen-bond donors (Lipinski definition) is 4. The lowest BCUT2D eigenvalue weighted by atomic mass is 10.2. The van der Waals surface area contributed by atoms with Gasteiger partial charge in [-0.05, 0) is 17.7 Å². The third-order valence-corrected chi connectivity index (χ3v) is 1.76. The van der Waals surface area contributed by atoms with E-state index in [4.69, 9.17) is 10.2 Å². The predicted molar refractivity (Wildman–Crippen MR) is 56.0 cm³/mol. The monoisotopic (exact) mass is 224 g/mol. The molecule has 0 aliphatic heterocycles. The van der Waals surface area contributed by atoms with Crippen molar-refractivity contribution >= 4 is 12.0 Å². The molecular weight excluding hydrogens is 212 g/mol. The van der Waals surface area contributed by atoms with Crippen molar-refractivity contribution in [1.29, 1.82) is 0 Å². The number of rotatable bonds is 4. The molecule has 4 N–H and O–H groups in total. The molecule has 0 saturated carbocycles. The van der Waals surface area contributed by atoms with Crippen LogP contribution in [0.1, 0.15) is 5.56 Å². The standard InChI is InChI=1S/C10H12N2O4/c13-8-3-1-2-7(4-8)5-11-10(16)12-6-9(14)15/h1-4,13H,5-6H2,(H,14,15)(H2,11,12,16). The first-order valence-corrected chi connectivity index (χ1v) is 4.59. The van der Waals surface area contributed by atoms with Crippen LogP contribution in [0.15, 0.2) is 24.3 Å². The van der Waals surface area contributed by atoms with Crippen LogP contribution in [0.2, 0.25) is 0 Å². The Balaban J connectivity index is 2.34. The normalized spacial score (nSPS) is 9.50. The number of amides is 2. The van der Waals surface area contributed by atoms with E-state index in [9.17, 15) is 9.59 Å². The van der Waals surface area contributed by atoms with Crippen LogP contribution in [0, 0.1) is 0 Å². The molecule has 0 aliphatic carbocycles. The minimum Gasteiger partial charge on any atom is -0.508 e. The van der Waals surface area contributed by atoms with Gasteiger partial charge in [-0.1, -0.05) is 12.1 Å². The van der Waals surface area contributed by atoms with E-state index in [1.54, 1.807) is 12.1 Å². The number of aliphatic carboxylic acids is 1. The molecule has 2 amide bonds. The Kier molecular flexibility index (Phi) is 4.14. The zero-order chi connectivity index (χ0) is 12.0. The maximum atomic E-state index is 11.1. The summed E-state index contributed by atoms with van der Waals surface area (Å²) in [6, 6.07) is 5.86. The fraction of sp³-hybridized carbons (Fsp3) is 0.200. The molecule has 0 fully saturated rings. The molecule has 0 aliphatic rings. The number of phenolic OH excluding ortho intramolecular Hbond substituents is 1. The summed E-state index contributed by atoms with van der Waals surface area (Å²) in [5, 5.41) is 22.1. The van der Waals surface area contributed by atoms with Crippen molar-refractivity contribution < 1.29 is 19.8 Å². The van der Waals surface area contributed by atoms with Crippen molar-refractivity contribution in [2.45, 2.75) is 6.54 Å². The summed E-state index contributed by atoms with van der Waals surface area (Å²) in [6.45, 7) is -0.203. The highest BCUT2D eigenvalue weighted by atomic mass is 16.4. The minimum absolute atomic E-state index is 0.116.